The average molecular weight is 245 g/mol. The van der Waals surface area contributed by atoms with Gasteiger partial charge in [0.2, 0.25) is 0 Å². The Labute approximate surface area is 100.0 Å². The van der Waals surface area contributed by atoms with Crippen molar-refractivity contribution in [3.05, 3.63) is 33.8 Å². The summed E-state index contributed by atoms with van der Waals surface area (Å²) < 4.78 is 0. The van der Waals surface area contributed by atoms with Gasteiger partial charge in [-0.15, -0.1) is 0 Å². The molecule has 1 unspecified atom stereocenters. The van der Waals surface area contributed by atoms with Crippen LogP contribution in [-0.4, -0.2) is 24.0 Å². The summed E-state index contributed by atoms with van der Waals surface area (Å²) >= 11 is 11.8. The summed E-state index contributed by atoms with van der Waals surface area (Å²) in [4.78, 5) is 2.36. The van der Waals surface area contributed by atoms with Crippen molar-refractivity contribution in [2.75, 3.05) is 13.1 Å². The SMILES string of the molecule is NCC1CCN1Cc1ccc(Cl)c(Cl)c1. The number of nitrogens with zero attached hydrogens (tertiary/aromatic N) is 1. The maximum Gasteiger partial charge on any atom is 0.0595 e. The normalized spacial score (nSPS) is 21.4. The Morgan fingerprint density at radius 3 is 2.67 bits per heavy atom. The molecule has 1 aliphatic rings. The number of nitrogens with two attached hydrogens (primary N) is 1. The fourth-order valence-electron chi connectivity index (χ4n) is 1.84. The summed E-state index contributed by atoms with van der Waals surface area (Å²) in [6, 6.07) is 6.33. The first kappa shape index (κ1) is 11.2. The molecule has 0 radical (unpaired) electrons. The van der Waals surface area contributed by atoms with Gasteiger partial charge in [0.15, 0.2) is 0 Å². The Balaban J connectivity index is 2.02. The van der Waals surface area contributed by atoms with Crippen LogP contribution in [0, 0.1) is 0 Å². The van der Waals surface area contributed by atoms with Crippen molar-refractivity contribution in [1.82, 2.24) is 4.90 Å². The molecule has 0 aliphatic carbocycles. The van der Waals surface area contributed by atoms with Gasteiger partial charge in [0.25, 0.3) is 0 Å². The standard InChI is InChI=1S/C11H14Cl2N2/c12-10-2-1-8(5-11(10)13)7-15-4-3-9(15)6-14/h1-2,5,9H,3-4,6-7,14H2. The number of benzene rings is 1. The molecule has 1 aromatic rings. The van der Waals surface area contributed by atoms with Gasteiger partial charge in [0, 0.05) is 25.7 Å². The average Bonchev–Trinajstić information content (AvgIpc) is 2.19. The second kappa shape index (κ2) is 4.71. The highest BCUT2D eigenvalue weighted by Gasteiger charge is 2.26. The number of halogens is 2. The van der Waals surface area contributed by atoms with Gasteiger partial charge in [0.05, 0.1) is 10.0 Å². The quantitative estimate of drug-likeness (QED) is 0.886. The number of hydrogen-bond donors (Lipinski definition) is 1. The van der Waals surface area contributed by atoms with E-state index in [2.05, 4.69) is 4.90 Å². The first-order valence-electron chi connectivity index (χ1n) is 5.08. The lowest BCUT2D eigenvalue weighted by Crippen LogP contribution is -2.50. The van der Waals surface area contributed by atoms with Gasteiger partial charge in [-0.1, -0.05) is 29.3 Å². The van der Waals surface area contributed by atoms with E-state index in [1.165, 1.54) is 12.0 Å². The van der Waals surface area contributed by atoms with Gasteiger partial charge >= 0.3 is 0 Å². The van der Waals surface area contributed by atoms with Crippen molar-refractivity contribution in [1.29, 1.82) is 0 Å². The van der Waals surface area contributed by atoms with Gasteiger partial charge in [-0.25, -0.2) is 0 Å². The Morgan fingerprint density at radius 1 is 1.33 bits per heavy atom. The predicted molar refractivity (Wildman–Crippen MR) is 64.3 cm³/mol. The number of rotatable bonds is 3. The second-order valence-electron chi connectivity index (χ2n) is 3.90. The third-order valence-electron chi connectivity index (χ3n) is 2.91. The zero-order valence-electron chi connectivity index (χ0n) is 8.42. The molecule has 82 valence electrons. The minimum atomic E-state index is 0.541. The molecule has 2 rings (SSSR count). The lowest BCUT2D eigenvalue weighted by Gasteiger charge is -2.40. The van der Waals surface area contributed by atoms with E-state index < -0.39 is 0 Å². The van der Waals surface area contributed by atoms with Crippen LogP contribution in [0.4, 0.5) is 0 Å². The molecule has 1 atom stereocenters. The van der Waals surface area contributed by atoms with Crippen LogP contribution in [-0.2, 0) is 6.54 Å². The minimum Gasteiger partial charge on any atom is -0.329 e. The maximum atomic E-state index is 5.95. The Bertz CT molecular complexity index is 352. The third kappa shape index (κ3) is 2.45. The largest absolute Gasteiger partial charge is 0.329 e. The third-order valence-corrected chi connectivity index (χ3v) is 3.65. The van der Waals surface area contributed by atoms with E-state index in [1.54, 1.807) is 0 Å². The van der Waals surface area contributed by atoms with Crippen LogP contribution in [0.1, 0.15) is 12.0 Å². The van der Waals surface area contributed by atoms with E-state index >= 15 is 0 Å². The van der Waals surface area contributed by atoms with Crippen LogP contribution < -0.4 is 5.73 Å². The van der Waals surface area contributed by atoms with Crippen molar-refractivity contribution in [3.8, 4) is 0 Å². The van der Waals surface area contributed by atoms with Crippen LogP contribution in [0.5, 0.6) is 0 Å². The van der Waals surface area contributed by atoms with E-state index in [0.29, 0.717) is 16.1 Å². The topological polar surface area (TPSA) is 29.3 Å². The molecule has 2 nitrogen and oxygen atoms in total. The number of likely N-dealkylation sites (tertiary alicyclic amines) is 1. The second-order valence-corrected chi connectivity index (χ2v) is 4.71. The summed E-state index contributed by atoms with van der Waals surface area (Å²) in [5.41, 5.74) is 6.84. The lowest BCUT2D eigenvalue weighted by atomic mass is 10.0. The lowest BCUT2D eigenvalue weighted by molar-refractivity contribution is 0.0882. The summed E-state index contributed by atoms with van der Waals surface area (Å²) in [6.07, 6.45) is 1.21. The van der Waals surface area contributed by atoms with Crippen molar-refractivity contribution >= 4 is 23.2 Å². The highest BCUT2D eigenvalue weighted by atomic mass is 35.5. The molecule has 1 saturated heterocycles. The monoisotopic (exact) mass is 244 g/mol. The Hall–Kier alpha value is -0.280. The van der Waals surface area contributed by atoms with E-state index in [1.807, 2.05) is 18.2 Å². The molecule has 0 bridgehead atoms. The predicted octanol–water partition coefficient (Wildman–Crippen LogP) is 2.53. The van der Waals surface area contributed by atoms with E-state index in [4.69, 9.17) is 28.9 Å². The van der Waals surface area contributed by atoms with Crippen LogP contribution >= 0.6 is 23.2 Å². The molecule has 4 heteroatoms. The zero-order chi connectivity index (χ0) is 10.8. The molecule has 0 saturated carbocycles. The van der Waals surface area contributed by atoms with Gasteiger partial charge in [-0.2, -0.15) is 0 Å². The molecule has 15 heavy (non-hydrogen) atoms. The molecule has 1 aromatic carbocycles. The van der Waals surface area contributed by atoms with Crippen LogP contribution in [0.2, 0.25) is 10.0 Å². The van der Waals surface area contributed by atoms with Crippen molar-refractivity contribution < 1.29 is 0 Å². The van der Waals surface area contributed by atoms with Crippen LogP contribution in [0.15, 0.2) is 18.2 Å². The van der Waals surface area contributed by atoms with E-state index in [0.717, 1.165) is 19.6 Å². The van der Waals surface area contributed by atoms with Gasteiger partial charge in [-0.05, 0) is 24.1 Å². The molecule has 2 N–H and O–H groups in total. The van der Waals surface area contributed by atoms with Gasteiger partial charge in [0.1, 0.15) is 0 Å². The molecule has 0 spiro atoms. The first-order chi connectivity index (χ1) is 7.20. The smallest absolute Gasteiger partial charge is 0.0595 e. The molecular formula is C11H14Cl2N2. The molecular weight excluding hydrogens is 231 g/mol. The Kier molecular flexibility index (Phi) is 3.52. The molecule has 1 heterocycles. The number of hydrogen-bond acceptors (Lipinski definition) is 2. The molecule has 1 fully saturated rings. The molecule has 0 aromatic heterocycles. The van der Waals surface area contributed by atoms with Crippen molar-refractivity contribution in [3.63, 3.8) is 0 Å². The summed E-state index contributed by atoms with van der Waals surface area (Å²) in [6.45, 7) is 2.78. The summed E-state index contributed by atoms with van der Waals surface area (Å²) in [5.74, 6) is 0. The van der Waals surface area contributed by atoms with E-state index in [-0.39, 0.29) is 0 Å². The first-order valence-corrected chi connectivity index (χ1v) is 5.84. The van der Waals surface area contributed by atoms with Gasteiger partial charge in [-0.3, -0.25) is 4.90 Å². The molecule has 1 aliphatic heterocycles. The van der Waals surface area contributed by atoms with Crippen molar-refractivity contribution in [2.24, 2.45) is 5.73 Å². The fraction of sp³-hybridized carbons (Fsp3) is 0.455. The van der Waals surface area contributed by atoms with Crippen LogP contribution in [0.3, 0.4) is 0 Å². The van der Waals surface area contributed by atoms with Crippen LogP contribution in [0.25, 0.3) is 0 Å². The highest BCUT2D eigenvalue weighted by molar-refractivity contribution is 6.42. The highest BCUT2D eigenvalue weighted by Crippen LogP contribution is 2.25. The van der Waals surface area contributed by atoms with Crippen molar-refractivity contribution in [2.45, 2.75) is 19.0 Å². The van der Waals surface area contributed by atoms with Gasteiger partial charge < -0.3 is 5.73 Å². The summed E-state index contributed by atoms with van der Waals surface area (Å²) in [7, 11) is 0. The maximum absolute atomic E-state index is 5.95. The summed E-state index contributed by atoms with van der Waals surface area (Å²) in [5, 5.41) is 1.23. The zero-order valence-corrected chi connectivity index (χ0v) is 9.93. The van der Waals surface area contributed by atoms with E-state index in [9.17, 15) is 0 Å². The fourth-order valence-corrected chi connectivity index (χ4v) is 2.16. The molecule has 0 amide bonds. The Morgan fingerprint density at radius 2 is 2.13 bits per heavy atom. The minimum absolute atomic E-state index is 0.541.